The SMILES string of the molecule is FC(F)(F)C1=CCCC=CO1. The van der Waals surface area contributed by atoms with Crippen LogP contribution < -0.4 is 0 Å². The lowest BCUT2D eigenvalue weighted by Crippen LogP contribution is -2.12. The van der Waals surface area contributed by atoms with E-state index in [2.05, 4.69) is 4.74 Å². The van der Waals surface area contributed by atoms with Crippen molar-refractivity contribution < 1.29 is 17.9 Å². The largest absolute Gasteiger partial charge is 0.460 e. The van der Waals surface area contributed by atoms with E-state index in [1.807, 2.05) is 0 Å². The van der Waals surface area contributed by atoms with Crippen molar-refractivity contribution in [3.63, 3.8) is 0 Å². The third kappa shape index (κ3) is 2.29. The Labute approximate surface area is 62.2 Å². The molecule has 0 N–H and O–H groups in total. The molecule has 0 saturated carbocycles. The highest BCUT2D eigenvalue weighted by Crippen LogP contribution is 2.28. The molecule has 4 heteroatoms. The smallest absolute Gasteiger partial charge is 0.449 e. The lowest BCUT2D eigenvalue weighted by atomic mass is 10.3. The summed E-state index contributed by atoms with van der Waals surface area (Å²) in [5.41, 5.74) is 0. The Morgan fingerprint density at radius 2 is 2.00 bits per heavy atom. The molecule has 0 amide bonds. The Hall–Kier alpha value is -0.930. The Kier molecular flexibility index (Phi) is 2.22. The van der Waals surface area contributed by atoms with Crippen LogP contribution in [-0.4, -0.2) is 6.18 Å². The van der Waals surface area contributed by atoms with Gasteiger partial charge in [0.15, 0.2) is 0 Å². The molecule has 11 heavy (non-hydrogen) atoms. The summed E-state index contributed by atoms with van der Waals surface area (Å²) in [6, 6.07) is 0. The number of allylic oxidation sites excluding steroid dienone is 3. The van der Waals surface area contributed by atoms with E-state index in [1.54, 1.807) is 6.08 Å². The second-order valence-electron chi connectivity index (χ2n) is 2.13. The molecule has 0 saturated heterocycles. The van der Waals surface area contributed by atoms with Gasteiger partial charge in [-0.3, -0.25) is 0 Å². The molecular weight excluding hydrogens is 157 g/mol. The maximum absolute atomic E-state index is 11.9. The number of alkyl halides is 3. The number of hydrogen-bond donors (Lipinski definition) is 0. The fourth-order valence-corrected chi connectivity index (χ4v) is 0.731. The average molecular weight is 164 g/mol. The molecule has 0 aromatic carbocycles. The molecule has 0 aromatic rings. The van der Waals surface area contributed by atoms with Gasteiger partial charge in [-0.2, -0.15) is 13.2 Å². The van der Waals surface area contributed by atoms with Crippen molar-refractivity contribution in [2.45, 2.75) is 19.0 Å². The van der Waals surface area contributed by atoms with Gasteiger partial charge in [-0.25, -0.2) is 0 Å². The molecular formula is C7H7F3O. The van der Waals surface area contributed by atoms with Crippen LogP contribution in [0.5, 0.6) is 0 Å². The summed E-state index contributed by atoms with van der Waals surface area (Å²) >= 11 is 0. The summed E-state index contributed by atoms with van der Waals surface area (Å²) in [5.74, 6) is -0.911. The molecule has 1 heterocycles. The third-order valence-corrected chi connectivity index (χ3v) is 1.23. The molecule has 0 unspecified atom stereocenters. The van der Waals surface area contributed by atoms with Crippen molar-refractivity contribution in [1.82, 2.24) is 0 Å². The van der Waals surface area contributed by atoms with Crippen molar-refractivity contribution in [3.05, 3.63) is 24.2 Å². The van der Waals surface area contributed by atoms with Crippen LogP contribution in [0.2, 0.25) is 0 Å². The Morgan fingerprint density at radius 3 is 2.64 bits per heavy atom. The van der Waals surface area contributed by atoms with E-state index < -0.39 is 11.9 Å². The van der Waals surface area contributed by atoms with Gasteiger partial charge >= 0.3 is 6.18 Å². The van der Waals surface area contributed by atoms with Crippen molar-refractivity contribution >= 4 is 0 Å². The van der Waals surface area contributed by atoms with Gasteiger partial charge in [0.25, 0.3) is 0 Å². The van der Waals surface area contributed by atoms with E-state index in [9.17, 15) is 13.2 Å². The molecule has 0 radical (unpaired) electrons. The van der Waals surface area contributed by atoms with Gasteiger partial charge in [0.1, 0.15) is 0 Å². The molecule has 1 nitrogen and oxygen atoms in total. The van der Waals surface area contributed by atoms with Gasteiger partial charge in [-0.15, -0.1) is 0 Å². The third-order valence-electron chi connectivity index (χ3n) is 1.23. The molecule has 0 bridgehead atoms. The van der Waals surface area contributed by atoms with Gasteiger partial charge in [0.2, 0.25) is 5.76 Å². The number of halogens is 3. The van der Waals surface area contributed by atoms with E-state index in [0.717, 1.165) is 12.3 Å². The lowest BCUT2D eigenvalue weighted by Gasteiger charge is -2.08. The Bertz CT molecular complexity index is 190. The normalized spacial score (nSPS) is 18.6. The minimum atomic E-state index is -4.35. The van der Waals surface area contributed by atoms with E-state index in [4.69, 9.17) is 0 Å². The quantitative estimate of drug-likeness (QED) is 0.534. The van der Waals surface area contributed by atoms with Crippen molar-refractivity contribution in [1.29, 1.82) is 0 Å². The summed E-state index contributed by atoms with van der Waals surface area (Å²) in [5, 5.41) is 0. The van der Waals surface area contributed by atoms with Crippen molar-refractivity contribution in [3.8, 4) is 0 Å². The second-order valence-corrected chi connectivity index (χ2v) is 2.13. The Balaban J connectivity index is 2.70. The van der Waals surface area contributed by atoms with Crippen LogP contribution in [0, 0.1) is 0 Å². The van der Waals surface area contributed by atoms with E-state index >= 15 is 0 Å². The molecule has 0 fully saturated rings. The van der Waals surface area contributed by atoms with Crippen LogP contribution in [0.4, 0.5) is 13.2 Å². The topological polar surface area (TPSA) is 9.23 Å². The highest BCUT2D eigenvalue weighted by atomic mass is 19.4. The van der Waals surface area contributed by atoms with Gasteiger partial charge in [0.05, 0.1) is 6.26 Å². The van der Waals surface area contributed by atoms with Crippen molar-refractivity contribution in [2.24, 2.45) is 0 Å². The lowest BCUT2D eigenvalue weighted by molar-refractivity contribution is -0.122. The summed E-state index contributed by atoms with van der Waals surface area (Å²) in [4.78, 5) is 0. The van der Waals surface area contributed by atoms with Crippen LogP contribution in [0.15, 0.2) is 24.2 Å². The van der Waals surface area contributed by atoms with Crippen LogP contribution in [-0.2, 0) is 4.74 Å². The first kappa shape index (κ1) is 8.17. The zero-order valence-corrected chi connectivity index (χ0v) is 5.69. The predicted octanol–water partition coefficient (Wildman–Crippen LogP) is 2.76. The summed E-state index contributed by atoms with van der Waals surface area (Å²) < 4.78 is 40.0. The monoisotopic (exact) mass is 164 g/mol. The Morgan fingerprint density at radius 1 is 1.27 bits per heavy atom. The molecule has 0 atom stereocenters. The molecule has 1 aliphatic heterocycles. The van der Waals surface area contributed by atoms with Crippen LogP contribution >= 0.6 is 0 Å². The maximum Gasteiger partial charge on any atom is 0.449 e. The molecule has 62 valence electrons. The van der Waals surface area contributed by atoms with Gasteiger partial charge < -0.3 is 4.74 Å². The van der Waals surface area contributed by atoms with Crippen LogP contribution in [0.1, 0.15) is 12.8 Å². The minimum Gasteiger partial charge on any atom is -0.460 e. The number of rotatable bonds is 0. The van der Waals surface area contributed by atoms with Crippen molar-refractivity contribution in [2.75, 3.05) is 0 Å². The minimum absolute atomic E-state index is 0.380. The highest BCUT2D eigenvalue weighted by molar-refractivity contribution is 5.05. The average Bonchev–Trinajstić information content (AvgIpc) is 2.10. The predicted molar refractivity (Wildman–Crippen MR) is 33.6 cm³/mol. The van der Waals surface area contributed by atoms with Crippen LogP contribution in [0.25, 0.3) is 0 Å². The molecule has 1 rings (SSSR count). The molecule has 0 spiro atoms. The molecule has 0 aliphatic carbocycles. The van der Waals surface area contributed by atoms with E-state index in [0.29, 0.717) is 12.8 Å². The highest BCUT2D eigenvalue weighted by Gasteiger charge is 2.35. The second kappa shape index (κ2) is 2.98. The zero-order chi connectivity index (χ0) is 8.32. The van der Waals surface area contributed by atoms with Gasteiger partial charge in [0, 0.05) is 0 Å². The first-order chi connectivity index (χ1) is 5.11. The first-order valence-electron chi connectivity index (χ1n) is 3.20. The maximum atomic E-state index is 11.9. The fourth-order valence-electron chi connectivity index (χ4n) is 0.731. The standard InChI is InChI=1S/C7H7F3O/c8-7(9,10)6-4-2-1-3-5-11-6/h3-5H,1-2H2. The van der Waals surface area contributed by atoms with Gasteiger partial charge in [-0.1, -0.05) is 0 Å². The van der Waals surface area contributed by atoms with E-state index in [1.165, 1.54) is 0 Å². The van der Waals surface area contributed by atoms with Gasteiger partial charge in [-0.05, 0) is 25.0 Å². The fraction of sp³-hybridized carbons (Fsp3) is 0.429. The first-order valence-corrected chi connectivity index (χ1v) is 3.20. The molecule has 1 aliphatic rings. The summed E-state index contributed by atoms with van der Waals surface area (Å²) in [7, 11) is 0. The van der Waals surface area contributed by atoms with Crippen LogP contribution in [0.3, 0.4) is 0 Å². The number of ether oxygens (including phenoxy) is 1. The van der Waals surface area contributed by atoms with E-state index in [-0.39, 0.29) is 0 Å². The summed E-state index contributed by atoms with van der Waals surface area (Å²) in [6.45, 7) is 0. The summed E-state index contributed by atoms with van der Waals surface area (Å²) in [6.07, 6.45) is 0.321. The molecule has 0 aromatic heterocycles. The number of hydrogen-bond acceptors (Lipinski definition) is 1. The zero-order valence-electron chi connectivity index (χ0n) is 5.69.